The smallest absolute Gasteiger partial charge is 0.184 e. The molecule has 0 aromatic rings. The Balaban J connectivity index is 1.52. The number of β-amino-alcohol motifs (C(OH)–C–C–N with tert-alkyl or cyclic N) is 1. The van der Waals surface area contributed by atoms with Gasteiger partial charge in [0.1, 0.15) is 36.6 Å². The number of aliphatic hydroxyl groups is 8. The summed E-state index contributed by atoms with van der Waals surface area (Å²) in [6.07, 6.45) is -2.95. The third-order valence-corrected chi connectivity index (χ3v) is 6.46. The van der Waals surface area contributed by atoms with E-state index in [9.17, 15) is 40.9 Å². The molecule has 0 spiro atoms. The first-order chi connectivity index (χ1) is 15.3. The lowest BCUT2D eigenvalue weighted by Crippen LogP contribution is -2.62. The fraction of sp³-hybridized carbons (Fsp3) is 1.00. The van der Waals surface area contributed by atoms with Crippen molar-refractivity contribution in [3.8, 4) is 0 Å². The van der Waals surface area contributed by atoms with E-state index in [1.165, 1.54) is 0 Å². The van der Waals surface area contributed by atoms with Gasteiger partial charge in [0.25, 0.3) is 0 Å². The highest BCUT2D eigenvalue weighted by molar-refractivity contribution is 4.94. The standard InChI is InChI=1S/C21H41NO10/c23-11-13-16(26)17(27)14(25)10-22(13)8-6-4-2-1-3-5-7-9-31-20-15(12-24)32-21(30)19(29)18(20)28/h13-21,23-30H,1-12H2/t13-,14+,15-,16-,17-,18-,19-,20-,21-/m1/s1. The summed E-state index contributed by atoms with van der Waals surface area (Å²) in [5.74, 6) is 0. The quantitative estimate of drug-likeness (QED) is 0.132. The number of hydrogen-bond donors (Lipinski definition) is 8. The van der Waals surface area contributed by atoms with Gasteiger partial charge in [0.05, 0.1) is 25.4 Å². The van der Waals surface area contributed by atoms with Gasteiger partial charge in [-0.25, -0.2) is 0 Å². The van der Waals surface area contributed by atoms with Crippen LogP contribution in [-0.2, 0) is 9.47 Å². The number of likely N-dealkylation sites (tertiary alicyclic amines) is 1. The Hall–Kier alpha value is -0.440. The van der Waals surface area contributed by atoms with Gasteiger partial charge < -0.3 is 50.3 Å². The summed E-state index contributed by atoms with van der Waals surface area (Å²) in [6.45, 7) is 0.518. The lowest BCUT2D eigenvalue weighted by molar-refractivity contribution is -0.294. The van der Waals surface area contributed by atoms with Crippen LogP contribution in [0.25, 0.3) is 0 Å². The molecule has 0 aliphatic carbocycles. The lowest BCUT2D eigenvalue weighted by Gasteiger charge is -2.43. The number of ether oxygens (including phenoxy) is 2. The Bertz CT molecular complexity index is 513. The van der Waals surface area contributed by atoms with Gasteiger partial charge in [-0.2, -0.15) is 0 Å². The van der Waals surface area contributed by atoms with E-state index in [0.29, 0.717) is 13.2 Å². The molecule has 8 N–H and O–H groups in total. The highest BCUT2D eigenvalue weighted by Crippen LogP contribution is 2.23. The highest BCUT2D eigenvalue weighted by atomic mass is 16.7. The summed E-state index contributed by atoms with van der Waals surface area (Å²) in [5, 5.41) is 77.5. The Kier molecular flexibility index (Phi) is 12.2. The molecule has 9 atom stereocenters. The molecule has 2 fully saturated rings. The van der Waals surface area contributed by atoms with Crippen molar-refractivity contribution in [2.45, 2.75) is 100 Å². The lowest BCUT2D eigenvalue weighted by atomic mass is 9.94. The van der Waals surface area contributed by atoms with Crippen LogP contribution in [0.15, 0.2) is 0 Å². The summed E-state index contributed by atoms with van der Waals surface area (Å²) in [7, 11) is 0. The number of unbranched alkanes of at least 4 members (excludes halogenated alkanes) is 6. The van der Waals surface area contributed by atoms with Crippen molar-refractivity contribution in [1.82, 2.24) is 4.90 Å². The summed E-state index contributed by atoms with van der Waals surface area (Å²) in [5.41, 5.74) is 0. The van der Waals surface area contributed by atoms with Crippen LogP contribution in [-0.4, -0.2) is 134 Å². The van der Waals surface area contributed by atoms with Crippen LogP contribution in [0.1, 0.15) is 44.9 Å². The zero-order valence-corrected chi connectivity index (χ0v) is 18.5. The van der Waals surface area contributed by atoms with E-state index >= 15 is 0 Å². The minimum atomic E-state index is -1.55. The molecular formula is C21H41NO10. The Morgan fingerprint density at radius 2 is 1.34 bits per heavy atom. The highest BCUT2D eigenvalue weighted by Gasteiger charge is 2.44. The zero-order chi connectivity index (χ0) is 23.7. The van der Waals surface area contributed by atoms with E-state index in [0.717, 1.165) is 44.9 Å². The molecule has 0 aromatic carbocycles. The zero-order valence-electron chi connectivity index (χ0n) is 18.5. The largest absolute Gasteiger partial charge is 0.395 e. The van der Waals surface area contributed by atoms with E-state index in [1.54, 1.807) is 0 Å². The molecule has 0 saturated carbocycles. The normalized spacial score (nSPS) is 38.8. The molecule has 0 amide bonds. The fourth-order valence-corrected chi connectivity index (χ4v) is 4.43. The monoisotopic (exact) mass is 467 g/mol. The van der Waals surface area contributed by atoms with Crippen molar-refractivity contribution in [2.24, 2.45) is 0 Å². The third kappa shape index (κ3) is 7.54. The van der Waals surface area contributed by atoms with Gasteiger partial charge in [0.15, 0.2) is 6.29 Å². The molecule has 2 heterocycles. The second-order valence-electron chi connectivity index (χ2n) is 8.83. The second kappa shape index (κ2) is 14.1. The number of rotatable bonds is 13. The van der Waals surface area contributed by atoms with Crippen LogP contribution < -0.4 is 0 Å². The van der Waals surface area contributed by atoms with E-state index in [2.05, 4.69) is 0 Å². The van der Waals surface area contributed by atoms with Crippen LogP contribution in [0.5, 0.6) is 0 Å². The van der Waals surface area contributed by atoms with E-state index < -0.39 is 61.7 Å². The predicted octanol–water partition coefficient (Wildman–Crippen LogP) is -2.71. The maximum absolute atomic E-state index is 10.0. The van der Waals surface area contributed by atoms with E-state index in [1.807, 2.05) is 4.90 Å². The second-order valence-corrected chi connectivity index (χ2v) is 8.83. The predicted molar refractivity (Wildman–Crippen MR) is 113 cm³/mol. The first kappa shape index (κ1) is 27.8. The molecule has 0 unspecified atom stereocenters. The molecule has 0 radical (unpaired) electrons. The summed E-state index contributed by atoms with van der Waals surface area (Å²) < 4.78 is 10.6. The van der Waals surface area contributed by atoms with Gasteiger partial charge in [0.2, 0.25) is 0 Å². The number of piperidine rings is 1. The first-order valence-corrected chi connectivity index (χ1v) is 11.6. The van der Waals surface area contributed by atoms with E-state index in [4.69, 9.17) is 9.47 Å². The molecule has 0 aromatic heterocycles. The minimum Gasteiger partial charge on any atom is -0.395 e. The van der Waals surface area contributed by atoms with Gasteiger partial charge in [-0.1, -0.05) is 32.1 Å². The van der Waals surface area contributed by atoms with Gasteiger partial charge in [0, 0.05) is 13.2 Å². The van der Waals surface area contributed by atoms with Crippen molar-refractivity contribution in [1.29, 1.82) is 0 Å². The summed E-state index contributed by atoms with van der Waals surface area (Å²) in [4.78, 5) is 1.83. The summed E-state index contributed by atoms with van der Waals surface area (Å²) in [6, 6.07) is -0.559. The van der Waals surface area contributed by atoms with Gasteiger partial charge >= 0.3 is 0 Å². The van der Waals surface area contributed by atoms with Crippen molar-refractivity contribution < 1.29 is 50.3 Å². The Labute approximate surface area is 188 Å². The summed E-state index contributed by atoms with van der Waals surface area (Å²) >= 11 is 0. The fourth-order valence-electron chi connectivity index (χ4n) is 4.43. The van der Waals surface area contributed by atoms with Crippen LogP contribution in [0, 0.1) is 0 Å². The topological polar surface area (TPSA) is 184 Å². The molecule has 2 aliphatic rings. The SMILES string of the molecule is OC[C@@H]1[C@@H](O)[C@H](O)[C@@H](O)CN1CCCCCCCCCO[C@H]1[C@H](O)[C@@H](O)[C@H](O)O[C@@H]1CO. The first-order valence-electron chi connectivity index (χ1n) is 11.6. The number of aliphatic hydroxyl groups excluding tert-OH is 8. The molecule has 190 valence electrons. The average molecular weight is 468 g/mol. The Morgan fingerprint density at radius 1 is 0.719 bits per heavy atom. The van der Waals surface area contributed by atoms with Crippen molar-refractivity contribution in [3.05, 3.63) is 0 Å². The van der Waals surface area contributed by atoms with Gasteiger partial charge in [-0.15, -0.1) is 0 Å². The van der Waals surface area contributed by atoms with Crippen LogP contribution in [0.4, 0.5) is 0 Å². The van der Waals surface area contributed by atoms with Crippen molar-refractivity contribution in [2.75, 3.05) is 32.9 Å². The maximum Gasteiger partial charge on any atom is 0.184 e. The maximum atomic E-state index is 10.0. The molecule has 32 heavy (non-hydrogen) atoms. The van der Waals surface area contributed by atoms with E-state index in [-0.39, 0.29) is 13.2 Å². The molecule has 2 aliphatic heterocycles. The third-order valence-electron chi connectivity index (χ3n) is 6.46. The number of nitrogens with zero attached hydrogens (tertiary/aromatic N) is 1. The molecule has 2 saturated heterocycles. The molecule has 0 bridgehead atoms. The van der Waals surface area contributed by atoms with Gasteiger partial charge in [-0.05, 0) is 19.4 Å². The van der Waals surface area contributed by atoms with Crippen LogP contribution in [0.2, 0.25) is 0 Å². The van der Waals surface area contributed by atoms with Crippen molar-refractivity contribution in [3.63, 3.8) is 0 Å². The molecule has 11 heteroatoms. The molecule has 11 nitrogen and oxygen atoms in total. The van der Waals surface area contributed by atoms with Crippen LogP contribution >= 0.6 is 0 Å². The number of hydrogen-bond acceptors (Lipinski definition) is 11. The Morgan fingerprint density at radius 3 is 1.97 bits per heavy atom. The van der Waals surface area contributed by atoms with Crippen LogP contribution in [0.3, 0.4) is 0 Å². The minimum absolute atomic E-state index is 0.233. The molecule has 2 rings (SSSR count). The molecular weight excluding hydrogens is 426 g/mol. The van der Waals surface area contributed by atoms with Gasteiger partial charge in [-0.3, -0.25) is 4.90 Å². The van der Waals surface area contributed by atoms with Crippen molar-refractivity contribution >= 4 is 0 Å². The average Bonchev–Trinajstić information content (AvgIpc) is 2.78.